The van der Waals surface area contributed by atoms with Crippen LogP contribution in [0, 0.1) is 0 Å². The van der Waals surface area contributed by atoms with Gasteiger partial charge in [0.2, 0.25) is 0 Å². The monoisotopic (exact) mass is 202 g/mol. The smallest absolute Gasteiger partial charge is 0.306 e. The number of carbonyl (C=O) groups excluding carboxylic acids is 1. The van der Waals surface area contributed by atoms with Gasteiger partial charge in [-0.1, -0.05) is 24.3 Å². The van der Waals surface area contributed by atoms with E-state index in [2.05, 4.69) is 24.3 Å². The summed E-state index contributed by atoms with van der Waals surface area (Å²) in [6.45, 7) is 0. The minimum absolute atomic E-state index is 0.0104. The van der Waals surface area contributed by atoms with Gasteiger partial charge in [0.05, 0.1) is 0 Å². The summed E-state index contributed by atoms with van der Waals surface area (Å²) in [4.78, 5) is 11.0. The van der Waals surface area contributed by atoms with Gasteiger partial charge in [-0.25, -0.2) is 0 Å². The Bertz CT molecular complexity index is 393. The zero-order valence-electron chi connectivity index (χ0n) is 8.61. The Labute approximate surface area is 89.2 Å². The highest BCUT2D eigenvalue weighted by Crippen LogP contribution is 2.41. The predicted molar refractivity (Wildman–Crippen MR) is 56.5 cm³/mol. The third kappa shape index (κ3) is 1.76. The molecule has 0 radical (unpaired) electrons. The van der Waals surface area contributed by atoms with Crippen molar-refractivity contribution in [1.82, 2.24) is 0 Å². The van der Waals surface area contributed by atoms with Gasteiger partial charge in [-0.2, -0.15) is 0 Å². The molecule has 2 fully saturated rings. The van der Waals surface area contributed by atoms with Crippen LogP contribution in [0.5, 0.6) is 0 Å². The Hall–Kier alpha value is -1.31. The molecule has 1 aliphatic carbocycles. The largest absolute Gasteiger partial charge is 0.457 e. The van der Waals surface area contributed by atoms with Gasteiger partial charge >= 0.3 is 5.97 Å². The van der Waals surface area contributed by atoms with Crippen molar-refractivity contribution in [1.29, 1.82) is 0 Å². The summed E-state index contributed by atoms with van der Waals surface area (Å²) < 4.78 is 5.26. The molecule has 0 spiro atoms. The second kappa shape index (κ2) is 3.37. The highest BCUT2D eigenvalue weighted by molar-refractivity contribution is 5.71. The maximum absolute atomic E-state index is 11.0. The van der Waals surface area contributed by atoms with Gasteiger partial charge in [-0.05, 0) is 36.3 Å². The first-order chi connectivity index (χ1) is 7.33. The average molecular weight is 202 g/mol. The quantitative estimate of drug-likeness (QED) is 0.689. The normalized spacial score (nSPS) is 25.3. The van der Waals surface area contributed by atoms with Gasteiger partial charge in [0.25, 0.3) is 0 Å². The Kier molecular flexibility index (Phi) is 2.01. The molecule has 1 heterocycles. The Morgan fingerprint density at radius 2 is 1.93 bits per heavy atom. The van der Waals surface area contributed by atoms with Crippen LogP contribution >= 0.6 is 0 Å². The molecule has 0 amide bonds. The minimum Gasteiger partial charge on any atom is -0.457 e. The van der Waals surface area contributed by atoms with Crippen LogP contribution < -0.4 is 0 Å². The summed E-state index contributed by atoms with van der Waals surface area (Å²) in [5.41, 5.74) is 2.58. The van der Waals surface area contributed by atoms with E-state index in [9.17, 15) is 4.79 Å². The molecule has 2 aliphatic rings. The molecule has 1 atom stereocenters. The molecule has 15 heavy (non-hydrogen) atoms. The van der Waals surface area contributed by atoms with Gasteiger partial charge in [-0.15, -0.1) is 0 Å². The van der Waals surface area contributed by atoms with E-state index in [1.54, 1.807) is 0 Å². The van der Waals surface area contributed by atoms with Gasteiger partial charge in [-0.3, -0.25) is 4.79 Å². The van der Waals surface area contributed by atoms with Gasteiger partial charge in [0, 0.05) is 6.42 Å². The third-order valence-corrected chi connectivity index (χ3v) is 3.22. The van der Waals surface area contributed by atoms with Crippen molar-refractivity contribution in [3.8, 4) is 0 Å². The van der Waals surface area contributed by atoms with Crippen LogP contribution in [0.3, 0.4) is 0 Å². The van der Waals surface area contributed by atoms with Gasteiger partial charge < -0.3 is 4.74 Å². The van der Waals surface area contributed by atoms with Crippen LogP contribution in [0.4, 0.5) is 0 Å². The van der Waals surface area contributed by atoms with E-state index in [4.69, 9.17) is 4.74 Å². The van der Waals surface area contributed by atoms with Crippen molar-refractivity contribution in [2.45, 2.75) is 37.7 Å². The van der Waals surface area contributed by atoms with Crippen LogP contribution in [0.2, 0.25) is 0 Å². The van der Waals surface area contributed by atoms with Crippen LogP contribution in [0.25, 0.3) is 0 Å². The molecule has 1 aromatic rings. The van der Waals surface area contributed by atoms with Gasteiger partial charge in [0.1, 0.15) is 6.10 Å². The van der Waals surface area contributed by atoms with E-state index < -0.39 is 0 Å². The molecular weight excluding hydrogens is 188 g/mol. The molecule has 78 valence electrons. The van der Waals surface area contributed by atoms with E-state index in [-0.39, 0.29) is 12.1 Å². The zero-order valence-corrected chi connectivity index (χ0v) is 8.61. The van der Waals surface area contributed by atoms with E-state index in [0.717, 1.165) is 12.3 Å². The molecule has 2 nitrogen and oxygen atoms in total. The standard InChI is InChI=1S/C13H14O2/c14-13-7-6-12(15-13)11-3-1-2-10(8-11)9-4-5-9/h1-3,8-9,12H,4-7H2. The first-order valence-corrected chi connectivity index (χ1v) is 5.62. The lowest BCUT2D eigenvalue weighted by Gasteiger charge is -2.10. The third-order valence-electron chi connectivity index (χ3n) is 3.22. The summed E-state index contributed by atoms with van der Waals surface area (Å²) in [5, 5.41) is 0. The lowest BCUT2D eigenvalue weighted by atomic mass is 10.0. The minimum atomic E-state index is -0.0585. The van der Waals surface area contributed by atoms with Gasteiger partial charge in [0.15, 0.2) is 0 Å². The Morgan fingerprint density at radius 3 is 2.60 bits per heavy atom. The van der Waals surface area contributed by atoms with E-state index >= 15 is 0 Å². The number of hydrogen-bond acceptors (Lipinski definition) is 2. The topological polar surface area (TPSA) is 26.3 Å². The second-order valence-electron chi connectivity index (χ2n) is 4.46. The molecule has 3 rings (SSSR count). The molecule has 0 aromatic heterocycles. The van der Waals surface area contributed by atoms with E-state index in [1.165, 1.54) is 24.0 Å². The first kappa shape index (κ1) is 8.96. The van der Waals surface area contributed by atoms with Crippen molar-refractivity contribution in [2.24, 2.45) is 0 Å². The fourth-order valence-electron chi connectivity index (χ4n) is 2.19. The molecule has 1 saturated carbocycles. The van der Waals surface area contributed by atoms with Crippen molar-refractivity contribution in [3.63, 3.8) is 0 Å². The number of rotatable bonds is 2. The highest BCUT2D eigenvalue weighted by Gasteiger charge is 2.27. The predicted octanol–water partition coefficient (Wildman–Crippen LogP) is 2.94. The fraction of sp³-hybridized carbons (Fsp3) is 0.462. The molecule has 0 bridgehead atoms. The van der Waals surface area contributed by atoms with Crippen LogP contribution in [0.1, 0.15) is 48.8 Å². The number of benzene rings is 1. The molecule has 1 unspecified atom stereocenters. The summed E-state index contributed by atoms with van der Waals surface area (Å²) in [5.74, 6) is 0.707. The first-order valence-electron chi connectivity index (χ1n) is 5.62. The summed E-state index contributed by atoms with van der Waals surface area (Å²) in [7, 11) is 0. The number of cyclic esters (lactones) is 1. The Morgan fingerprint density at radius 1 is 1.13 bits per heavy atom. The van der Waals surface area contributed by atoms with Crippen LogP contribution in [-0.4, -0.2) is 5.97 Å². The zero-order chi connectivity index (χ0) is 10.3. The van der Waals surface area contributed by atoms with Crippen molar-refractivity contribution in [3.05, 3.63) is 35.4 Å². The number of hydrogen-bond donors (Lipinski definition) is 0. The fourth-order valence-corrected chi connectivity index (χ4v) is 2.19. The molecule has 2 heteroatoms. The molecule has 0 N–H and O–H groups in total. The van der Waals surface area contributed by atoms with Crippen LogP contribution in [0.15, 0.2) is 24.3 Å². The van der Waals surface area contributed by atoms with Crippen molar-refractivity contribution >= 4 is 5.97 Å². The Balaban J connectivity index is 1.84. The van der Waals surface area contributed by atoms with Crippen molar-refractivity contribution < 1.29 is 9.53 Å². The summed E-state index contributed by atoms with van der Waals surface area (Å²) in [6.07, 6.45) is 4.05. The lowest BCUT2D eigenvalue weighted by Crippen LogP contribution is -1.99. The summed E-state index contributed by atoms with van der Waals surface area (Å²) >= 11 is 0. The number of ether oxygens (including phenoxy) is 1. The molecule has 1 aliphatic heterocycles. The van der Waals surface area contributed by atoms with E-state index in [1.807, 2.05) is 0 Å². The maximum Gasteiger partial charge on any atom is 0.306 e. The molecule has 1 aromatic carbocycles. The van der Waals surface area contributed by atoms with Crippen LogP contribution in [-0.2, 0) is 9.53 Å². The SMILES string of the molecule is O=C1CCC(c2cccc(C3CC3)c2)O1. The second-order valence-corrected chi connectivity index (χ2v) is 4.46. The molecular formula is C13H14O2. The lowest BCUT2D eigenvalue weighted by molar-refractivity contribution is -0.141. The van der Waals surface area contributed by atoms with E-state index in [0.29, 0.717) is 6.42 Å². The highest BCUT2D eigenvalue weighted by atomic mass is 16.5. The maximum atomic E-state index is 11.0. The number of esters is 1. The molecule has 1 saturated heterocycles. The number of carbonyl (C=O) groups is 1. The van der Waals surface area contributed by atoms with Crippen molar-refractivity contribution in [2.75, 3.05) is 0 Å². The average Bonchev–Trinajstić information content (AvgIpc) is 3.02. The summed E-state index contributed by atoms with van der Waals surface area (Å²) in [6, 6.07) is 8.53.